The largest absolute Gasteiger partial charge is 0.508 e. The molecule has 0 spiro atoms. The van der Waals surface area contributed by atoms with Crippen molar-refractivity contribution in [3.05, 3.63) is 42.4 Å². The Morgan fingerprint density at radius 2 is 2.22 bits per heavy atom. The normalized spacial score (nSPS) is 10.2. The number of nitrogen functional groups attached to an aromatic ring is 1. The van der Waals surface area contributed by atoms with E-state index in [1.165, 1.54) is 18.2 Å². The molecular formula is C13H14N2O3. The number of aryl methyl sites for hydroxylation is 1. The van der Waals surface area contributed by atoms with Crippen molar-refractivity contribution in [3.8, 4) is 5.75 Å². The molecule has 94 valence electrons. The third-order valence-electron chi connectivity index (χ3n) is 2.49. The number of aromatic hydroxyl groups is 1. The predicted octanol–water partition coefficient (Wildman–Crippen LogP) is 2.14. The van der Waals surface area contributed by atoms with Gasteiger partial charge in [-0.15, -0.1) is 0 Å². The van der Waals surface area contributed by atoms with Crippen LogP contribution in [0.1, 0.15) is 12.2 Å². The van der Waals surface area contributed by atoms with Crippen LogP contribution in [0.25, 0.3) is 0 Å². The van der Waals surface area contributed by atoms with Crippen molar-refractivity contribution in [3.63, 3.8) is 0 Å². The van der Waals surface area contributed by atoms with Gasteiger partial charge in [-0.1, -0.05) is 0 Å². The van der Waals surface area contributed by atoms with E-state index in [1.807, 2.05) is 6.07 Å². The van der Waals surface area contributed by atoms with Crippen molar-refractivity contribution < 1.29 is 14.3 Å². The molecule has 1 aromatic heterocycles. The molecule has 1 aromatic carbocycles. The van der Waals surface area contributed by atoms with Crippen LogP contribution in [0.4, 0.5) is 11.4 Å². The standard InChI is InChI=1S/C13H14N2O3/c14-11-5-3-9(16)8-12(11)15-13(17)6-4-10-2-1-7-18-10/h1-3,5,7-8,16H,4,6,14H2,(H,15,17). The zero-order chi connectivity index (χ0) is 13.0. The monoisotopic (exact) mass is 246 g/mol. The van der Waals surface area contributed by atoms with Crippen LogP contribution in [0, 0.1) is 0 Å². The summed E-state index contributed by atoms with van der Waals surface area (Å²) in [5.41, 5.74) is 6.52. The third kappa shape index (κ3) is 3.04. The molecule has 0 fully saturated rings. The number of furan rings is 1. The van der Waals surface area contributed by atoms with Crippen LogP contribution in [0.5, 0.6) is 5.75 Å². The van der Waals surface area contributed by atoms with E-state index in [0.29, 0.717) is 24.2 Å². The van der Waals surface area contributed by atoms with Gasteiger partial charge in [0.2, 0.25) is 5.91 Å². The average Bonchev–Trinajstić information content (AvgIpc) is 2.84. The Kier molecular flexibility index (Phi) is 3.52. The van der Waals surface area contributed by atoms with Gasteiger partial charge in [0.1, 0.15) is 11.5 Å². The maximum absolute atomic E-state index is 11.7. The van der Waals surface area contributed by atoms with Gasteiger partial charge in [-0.05, 0) is 24.3 Å². The SMILES string of the molecule is Nc1ccc(O)cc1NC(=O)CCc1ccco1. The average molecular weight is 246 g/mol. The fourth-order valence-corrected chi connectivity index (χ4v) is 1.56. The zero-order valence-electron chi connectivity index (χ0n) is 9.72. The van der Waals surface area contributed by atoms with Crippen molar-refractivity contribution in [2.24, 2.45) is 0 Å². The van der Waals surface area contributed by atoms with Crippen LogP contribution in [-0.4, -0.2) is 11.0 Å². The summed E-state index contributed by atoms with van der Waals surface area (Å²) in [6.07, 6.45) is 2.39. The van der Waals surface area contributed by atoms with Crippen molar-refractivity contribution in [1.29, 1.82) is 0 Å². The highest BCUT2D eigenvalue weighted by atomic mass is 16.3. The Morgan fingerprint density at radius 3 is 2.94 bits per heavy atom. The summed E-state index contributed by atoms with van der Waals surface area (Å²) in [6, 6.07) is 8.02. The molecule has 1 heterocycles. The first-order chi connectivity index (χ1) is 8.65. The van der Waals surface area contributed by atoms with Crippen molar-refractivity contribution in [2.75, 3.05) is 11.1 Å². The number of phenolic OH excluding ortho intramolecular Hbond substituents is 1. The number of hydrogen-bond acceptors (Lipinski definition) is 4. The second kappa shape index (κ2) is 5.27. The number of hydrogen-bond donors (Lipinski definition) is 3. The first-order valence-electron chi connectivity index (χ1n) is 5.56. The molecule has 18 heavy (non-hydrogen) atoms. The van der Waals surface area contributed by atoms with Crippen molar-refractivity contribution >= 4 is 17.3 Å². The number of nitrogens with one attached hydrogen (secondary N) is 1. The fourth-order valence-electron chi connectivity index (χ4n) is 1.56. The van der Waals surface area contributed by atoms with Crippen LogP contribution in [0.15, 0.2) is 41.0 Å². The topological polar surface area (TPSA) is 88.5 Å². The van der Waals surface area contributed by atoms with E-state index in [0.717, 1.165) is 5.76 Å². The quantitative estimate of drug-likeness (QED) is 0.569. The van der Waals surface area contributed by atoms with E-state index in [1.54, 1.807) is 12.3 Å². The summed E-state index contributed by atoms with van der Waals surface area (Å²) in [5, 5.41) is 12.0. The van der Waals surface area contributed by atoms with Gasteiger partial charge < -0.3 is 20.6 Å². The number of phenols is 1. The van der Waals surface area contributed by atoms with Gasteiger partial charge in [0.05, 0.1) is 17.6 Å². The summed E-state index contributed by atoms with van der Waals surface area (Å²) in [6.45, 7) is 0. The number of amides is 1. The van der Waals surface area contributed by atoms with E-state index in [4.69, 9.17) is 10.2 Å². The van der Waals surface area contributed by atoms with Crippen LogP contribution >= 0.6 is 0 Å². The molecule has 0 atom stereocenters. The van der Waals surface area contributed by atoms with E-state index >= 15 is 0 Å². The number of nitrogens with two attached hydrogens (primary N) is 1. The lowest BCUT2D eigenvalue weighted by Gasteiger charge is -2.08. The maximum Gasteiger partial charge on any atom is 0.224 e. The molecule has 1 amide bonds. The second-order valence-corrected chi connectivity index (χ2v) is 3.90. The molecule has 5 heteroatoms. The summed E-state index contributed by atoms with van der Waals surface area (Å²) in [5.74, 6) is 0.642. The minimum Gasteiger partial charge on any atom is -0.508 e. The molecule has 2 rings (SSSR count). The first-order valence-corrected chi connectivity index (χ1v) is 5.56. The van der Waals surface area contributed by atoms with Crippen molar-refractivity contribution in [1.82, 2.24) is 0 Å². The minimum absolute atomic E-state index is 0.0607. The van der Waals surface area contributed by atoms with E-state index in [-0.39, 0.29) is 11.7 Å². The Labute approximate surface area is 104 Å². The van der Waals surface area contributed by atoms with E-state index < -0.39 is 0 Å². The van der Waals surface area contributed by atoms with Gasteiger partial charge in [0.25, 0.3) is 0 Å². The molecule has 0 saturated carbocycles. The smallest absolute Gasteiger partial charge is 0.224 e. The van der Waals surface area contributed by atoms with Gasteiger partial charge >= 0.3 is 0 Å². The molecule has 0 bridgehead atoms. The first kappa shape index (κ1) is 12.0. The number of anilines is 2. The Morgan fingerprint density at radius 1 is 1.39 bits per heavy atom. The highest BCUT2D eigenvalue weighted by molar-refractivity contribution is 5.94. The van der Waals surface area contributed by atoms with Gasteiger partial charge in [-0.25, -0.2) is 0 Å². The van der Waals surface area contributed by atoms with Gasteiger partial charge in [0, 0.05) is 18.9 Å². The van der Waals surface area contributed by atoms with Gasteiger partial charge in [-0.3, -0.25) is 4.79 Å². The van der Waals surface area contributed by atoms with Gasteiger partial charge in [0.15, 0.2) is 0 Å². The molecular weight excluding hydrogens is 232 g/mol. The third-order valence-corrected chi connectivity index (χ3v) is 2.49. The molecule has 5 nitrogen and oxygen atoms in total. The summed E-state index contributed by atoms with van der Waals surface area (Å²) < 4.78 is 5.13. The number of rotatable bonds is 4. The molecule has 0 radical (unpaired) electrons. The molecule has 0 unspecified atom stereocenters. The van der Waals surface area contributed by atoms with Crippen LogP contribution < -0.4 is 11.1 Å². The lowest BCUT2D eigenvalue weighted by Crippen LogP contribution is -2.13. The summed E-state index contributed by atoms with van der Waals surface area (Å²) in [4.78, 5) is 11.7. The molecule has 4 N–H and O–H groups in total. The van der Waals surface area contributed by atoms with E-state index in [9.17, 15) is 9.90 Å². The lowest BCUT2D eigenvalue weighted by atomic mass is 10.2. The Bertz CT molecular complexity index is 535. The highest BCUT2D eigenvalue weighted by Gasteiger charge is 2.07. The highest BCUT2D eigenvalue weighted by Crippen LogP contribution is 2.23. The van der Waals surface area contributed by atoms with E-state index in [2.05, 4.69) is 5.32 Å². The lowest BCUT2D eigenvalue weighted by molar-refractivity contribution is -0.116. The predicted molar refractivity (Wildman–Crippen MR) is 68.2 cm³/mol. The Balaban J connectivity index is 1.92. The van der Waals surface area contributed by atoms with Crippen molar-refractivity contribution in [2.45, 2.75) is 12.8 Å². The minimum atomic E-state index is -0.177. The van der Waals surface area contributed by atoms with Crippen LogP contribution in [0.3, 0.4) is 0 Å². The second-order valence-electron chi connectivity index (χ2n) is 3.90. The molecule has 0 aliphatic carbocycles. The molecule has 0 saturated heterocycles. The molecule has 0 aliphatic heterocycles. The summed E-state index contributed by atoms with van der Waals surface area (Å²) in [7, 11) is 0. The van der Waals surface area contributed by atoms with Gasteiger partial charge in [-0.2, -0.15) is 0 Å². The summed E-state index contributed by atoms with van der Waals surface area (Å²) >= 11 is 0. The molecule has 0 aliphatic rings. The Hall–Kier alpha value is -2.43. The fraction of sp³-hybridized carbons (Fsp3) is 0.154. The zero-order valence-corrected chi connectivity index (χ0v) is 9.72. The molecule has 2 aromatic rings. The number of benzene rings is 1. The van der Waals surface area contributed by atoms with Crippen LogP contribution in [-0.2, 0) is 11.2 Å². The number of carbonyl (C=O) groups is 1. The maximum atomic E-state index is 11.7. The van der Waals surface area contributed by atoms with Crippen LogP contribution in [0.2, 0.25) is 0 Å². The number of carbonyl (C=O) groups excluding carboxylic acids is 1.